The number of nitrogens with zero attached hydrogens (tertiary/aromatic N) is 5. The molecule has 10 heteroatoms. The SMILES string of the molecule is CC(C)n1c(C(F)(F)F)nc2cc(-c3nc(C4CNCCN4C)no3)ccc21. The van der Waals surface area contributed by atoms with Crippen LogP contribution in [0.25, 0.3) is 22.5 Å². The van der Waals surface area contributed by atoms with E-state index in [1.807, 2.05) is 7.05 Å². The second-order valence-electron chi connectivity index (χ2n) is 7.26. The highest BCUT2D eigenvalue weighted by molar-refractivity contribution is 5.81. The third-order valence-corrected chi connectivity index (χ3v) is 4.96. The Balaban J connectivity index is 1.73. The Hall–Kier alpha value is -2.46. The number of piperazine rings is 1. The van der Waals surface area contributed by atoms with Crippen LogP contribution >= 0.6 is 0 Å². The van der Waals surface area contributed by atoms with E-state index >= 15 is 0 Å². The molecule has 0 bridgehead atoms. The normalized spacial score (nSPS) is 19.0. The fourth-order valence-corrected chi connectivity index (χ4v) is 3.54. The largest absolute Gasteiger partial charge is 0.449 e. The average Bonchev–Trinajstić information content (AvgIpc) is 3.26. The molecule has 7 nitrogen and oxygen atoms in total. The highest BCUT2D eigenvalue weighted by Gasteiger charge is 2.38. The van der Waals surface area contributed by atoms with E-state index in [-0.39, 0.29) is 23.5 Å². The van der Waals surface area contributed by atoms with E-state index in [4.69, 9.17) is 4.52 Å². The summed E-state index contributed by atoms with van der Waals surface area (Å²) in [4.78, 5) is 10.4. The van der Waals surface area contributed by atoms with Crippen molar-refractivity contribution >= 4 is 11.0 Å². The summed E-state index contributed by atoms with van der Waals surface area (Å²) in [6.45, 7) is 5.87. The zero-order valence-electron chi connectivity index (χ0n) is 15.8. The standard InChI is InChI=1S/C18H21F3N6O/c1-10(2)27-13-5-4-11(8-12(13)23-17(27)18(19,20)21)16-24-15(25-28-16)14-9-22-6-7-26(14)3/h4-5,8,10,14,22H,6-7,9H2,1-3H3. The first-order valence-electron chi connectivity index (χ1n) is 9.10. The quantitative estimate of drug-likeness (QED) is 0.735. The third kappa shape index (κ3) is 3.26. The number of hydrogen-bond acceptors (Lipinski definition) is 6. The molecule has 0 saturated carbocycles. The first-order valence-corrected chi connectivity index (χ1v) is 9.10. The average molecular weight is 394 g/mol. The molecule has 1 atom stereocenters. The molecule has 2 aromatic heterocycles. The second kappa shape index (κ2) is 6.85. The van der Waals surface area contributed by atoms with Gasteiger partial charge in [-0.1, -0.05) is 5.16 Å². The molecular weight excluding hydrogens is 373 g/mol. The maximum atomic E-state index is 13.4. The molecule has 0 amide bonds. The minimum atomic E-state index is -4.53. The van der Waals surface area contributed by atoms with Crippen LogP contribution in [-0.2, 0) is 6.18 Å². The van der Waals surface area contributed by atoms with Gasteiger partial charge in [0.25, 0.3) is 5.89 Å². The summed E-state index contributed by atoms with van der Waals surface area (Å²) in [6, 6.07) is 4.47. The van der Waals surface area contributed by atoms with Gasteiger partial charge >= 0.3 is 6.18 Å². The highest BCUT2D eigenvalue weighted by atomic mass is 19.4. The monoisotopic (exact) mass is 394 g/mol. The first-order chi connectivity index (χ1) is 13.3. The summed E-state index contributed by atoms with van der Waals surface area (Å²) in [5.74, 6) is -0.0900. The molecule has 150 valence electrons. The zero-order chi connectivity index (χ0) is 20.1. The van der Waals surface area contributed by atoms with E-state index in [0.717, 1.165) is 13.1 Å². The smallest absolute Gasteiger partial charge is 0.334 e. The van der Waals surface area contributed by atoms with Crippen LogP contribution < -0.4 is 5.32 Å². The molecule has 1 unspecified atom stereocenters. The molecule has 28 heavy (non-hydrogen) atoms. The Kier molecular flexibility index (Phi) is 4.62. The van der Waals surface area contributed by atoms with Crippen molar-refractivity contribution in [3.63, 3.8) is 0 Å². The summed E-state index contributed by atoms with van der Waals surface area (Å²) in [5, 5.41) is 7.35. The molecule has 0 radical (unpaired) electrons. The van der Waals surface area contributed by atoms with Crippen molar-refractivity contribution in [3.05, 3.63) is 29.8 Å². The van der Waals surface area contributed by atoms with Crippen molar-refractivity contribution < 1.29 is 17.7 Å². The van der Waals surface area contributed by atoms with Gasteiger partial charge in [0.2, 0.25) is 5.82 Å². The Labute approximate surface area is 159 Å². The molecule has 0 aliphatic carbocycles. The van der Waals surface area contributed by atoms with E-state index < -0.39 is 12.0 Å². The number of likely N-dealkylation sites (N-methyl/N-ethyl adjacent to an activating group) is 1. The molecule has 3 aromatic rings. The lowest BCUT2D eigenvalue weighted by atomic mass is 10.2. The number of imidazole rings is 1. The molecule has 3 heterocycles. The summed E-state index contributed by atoms with van der Waals surface area (Å²) in [6.07, 6.45) is -4.53. The lowest BCUT2D eigenvalue weighted by Gasteiger charge is -2.30. The van der Waals surface area contributed by atoms with Crippen LogP contribution in [0.2, 0.25) is 0 Å². The van der Waals surface area contributed by atoms with E-state index in [1.54, 1.807) is 32.0 Å². The number of nitrogens with one attached hydrogen (secondary N) is 1. The van der Waals surface area contributed by atoms with Crippen LogP contribution in [0.15, 0.2) is 22.7 Å². The Morgan fingerprint density at radius 3 is 2.71 bits per heavy atom. The number of aromatic nitrogens is 4. The molecule has 1 aliphatic heterocycles. The fourth-order valence-electron chi connectivity index (χ4n) is 3.54. The molecule has 4 rings (SSSR count). The van der Waals surface area contributed by atoms with Gasteiger partial charge < -0.3 is 14.4 Å². The summed E-state index contributed by atoms with van der Waals surface area (Å²) >= 11 is 0. The molecule has 1 aromatic carbocycles. The van der Waals surface area contributed by atoms with E-state index in [2.05, 4.69) is 25.3 Å². The predicted octanol–water partition coefficient (Wildman–Crippen LogP) is 3.26. The second-order valence-corrected chi connectivity index (χ2v) is 7.26. The van der Waals surface area contributed by atoms with Gasteiger partial charge in [-0.25, -0.2) is 4.98 Å². The minimum absolute atomic E-state index is 0.00744. The van der Waals surface area contributed by atoms with Crippen molar-refractivity contribution in [2.24, 2.45) is 0 Å². The van der Waals surface area contributed by atoms with Crippen molar-refractivity contribution in [3.8, 4) is 11.5 Å². The van der Waals surface area contributed by atoms with E-state index in [0.29, 0.717) is 23.4 Å². The Morgan fingerprint density at radius 1 is 1.25 bits per heavy atom. The summed E-state index contributed by atoms with van der Waals surface area (Å²) in [5.41, 5.74) is 1.21. The molecule has 1 aliphatic rings. The van der Waals surface area contributed by atoms with Gasteiger partial charge in [0.1, 0.15) is 0 Å². The fraction of sp³-hybridized carbons (Fsp3) is 0.500. The summed E-state index contributed by atoms with van der Waals surface area (Å²) < 4.78 is 46.7. The zero-order valence-corrected chi connectivity index (χ0v) is 15.8. The maximum Gasteiger partial charge on any atom is 0.449 e. The van der Waals surface area contributed by atoms with Gasteiger partial charge in [0.05, 0.1) is 17.1 Å². The van der Waals surface area contributed by atoms with Crippen LogP contribution in [0, 0.1) is 0 Å². The molecule has 1 saturated heterocycles. The number of alkyl halides is 3. The lowest BCUT2D eigenvalue weighted by Crippen LogP contribution is -2.44. The number of fused-ring (bicyclic) bond motifs is 1. The van der Waals surface area contributed by atoms with Crippen LogP contribution in [0.5, 0.6) is 0 Å². The molecule has 1 N–H and O–H groups in total. The van der Waals surface area contributed by atoms with E-state index in [9.17, 15) is 13.2 Å². The van der Waals surface area contributed by atoms with Crippen molar-refractivity contribution in [1.29, 1.82) is 0 Å². The van der Waals surface area contributed by atoms with Gasteiger partial charge in [-0.05, 0) is 39.1 Å². The van der Waals surface area contributed by atoms with Crippen LogP contribution in [0.4, 0.5) is 13.2 Å². The van der Waals surface area contributed by atoms with Crippen LogP contribution in [-0.4, -0.2) is 51.3 Å². The number of halogens is 3. The van der Waals surface area contributed by atoms with Gasteiger partial charge in [-0.3, -0.25) is 4.90 Å². The number of rotatable bonds is 3. The van der Waals surface area contributed by atoms with Crippen molar-refractivity contribution in [1.82, 2.24) is 29.9 Å². The third-order valence-electron chi connectivity index (χ3n) is 4.96. The summed E-state index contributed by atoms with van der Waals surface area (Å²) in [7, 11) is 1.99. The van der Waals surface area contributed by atoms with Gasteiger partial charge in [-0.2, -0.15) is 18.2 Å². The molecular formula is C18H21F3N6O. The first kappa shape index (κ1) is 18.9. The van der Waals surface area contributed by atoms with Crippen LogP contribution in [0.1, 0.15) is 37.6 Å². The molecule has 1 fully saturated rings. The van der Waals surface area contributed by atoms with Crippen molar-refractivity contribution in [2.45, 2.75) is 32.1 Å². The van der Waals surface area contributed by atoms with E-state index in [1.165, 1.54) is 4.57 Å². The molecule has 0 spiro atoms. The predicted molar refractivity (Wildman–Crippen MR) is 96.7 cm³/mol. The minimum Gasteiger partial charge on any atom is -0.334 e. The number of benzene rings is 1. The van der Waals surface area contributed by atoms with Crippen LogP contribution in [0.3, 0.4) is 0 Å². The number of hydrogen-bond donors (Lipinski definition) is 1. The maximum absolute atomic E-state index is 13.4. The Bertz CT molecular complexity index is 993. The highest BCUT2D eigenvalue weighted by Crippen LogP contribution is 2.35. The Morgan fingerprint density at radius 2 is 2.04 bits per heavy atom. The van der Waals surface area contributed by atoms with Crippen molar-refractivity contribution in [2.75, 3.05) is 26.7 Å². The lowest BCUT2D eigenvalue weighted by molar-refractivity contribution is -0.147. The topological polar surface area (TPSA) is 72.0 Å². The van der Waals surface area contributed by atoms with Gasteiger partial charge in [0.15, 0.2) is 5.82 Å². The van der Waals surface area contributed by atoms with Gasteiger partial charge in [-0.15, -0.1) is 0 Å². The van der Waals surface area contributed by atoms with Gasteiger partial charge in [0, 0.05) is 31.2 Å².